The zero-order chi connectivity index (χ0) is 27.8. The highest BCUT2D eigenvalue weighted by molar-refractivity contribution is 5.96. The maximum atomic E-state index is 14.2. The van der Waals surface area contributed by atoms with E-state index in [1.807, 2.05) is 0 Å². The van der Waals surface area contributed by atoms with Gasteiger partial charge in [0.25, 0.3) is 0 Å². The van der Waals surface area contributed by atoms with Crippen molar-refractivity contribution in [1.29, 1.82) is 0 Å². The third-order valence-electron chi connectivity index (χ3n) is 7.58. The van der Waals surface area contributed by atoms with Crippen LogP contribution >= 0.6 is 0 Å². The van der Waals surface area contributed by atoms with E-state index in [1.54, 1.807) is 0 Å². The molecule has 6 nitrogen and oxygen atoms in total. The van der Waals surface area contributed by atoms with Crippen molar-refractivity contribution < 1.29 is 32.3 Å². The van der Waals surface area contributed by atoms with Crippen molar-refractivity contribution in [2.45, 2.75) is 43.9 Å². The van der Waals surface area contributed by atoms with Crippen LogP contribution in [-0.4, -0.2) is 17.0 Å². The van der Waals surface area contributed by atoms with E-state index in [-0.39, 0.29) is 11.5 Å². The van der Waals surface area contributed by atoms with Crippen molar-refractivity contribution in [2.75, 3.05) is 16.0 Å². The van der Waals surface area contributed by atoms with Crippen molar-refractivity contribution in [3.8, 4) is 0 Å². The molecule has 0 spiro atoms. The van der Waals surface area contributed by atoms with Gasteiger partial charge in [-0.15, -0.1) is 0 Å². The summed E-state index contributed by atoms with van der Waals surface area (Å²) in [4.78, 5) is 25.3. The molecule has 204 valence electrons. The number of hydrogen-bond donors (Lipinski definition) is 4. The lowest BCUT2D eigenvalue weighted by atomic mass is 9.71. The zero-order valence-electron chi connectivity index (χ0n) is 20.8. The number of fused-ring (bicyclic) bond motifs is 1. The predicted octanol–water partition coefficient (Wildman–Crippen LogP) is 7.07. The third-order valence-corrected chi connectivity index (χ3v) is 7.58. The first kappa shape index (κ1) is 26.5. The number of carboxylic acids is 1. The molecule has 39 heavy (non-hydrogen) atoms. The number of rotatable bonds is 6. The number of benzene rings is 3. The van der Waals surface area contributed by atoms with E-state index in [0.717, 1.165) is 44.2 Å². The van der Waals surface area contributed by atoms with Crippen molar-refractivity contribution in [1.82, 2.24) is 0 Å². The predicted molar refractivity (Wildman–Crippen MR) is 139 cm³/mol. The van der Waals surface area contributed by atoms with Crippen LogP contribution in [0.25, 0.3) is 0 Å². The summed E-state index contributed by atoms with van der Waals surface area (Å²) in [5.41, 5.74) is -0.415. The molecule has 1 heterocycles. The molecule has 1 aliphatic carbocycles. The molecule has 1 amide bonds. The number of carbonyl (C=O) groups is 2. The zero-order valence-corrected chi connectivity index (χ0v) is 20.8. The summed E-state index contributed by atoms with van der Waals surface area (Å²) in [6, 6.07) is 14.5. The molecular formula is C29H27F4N3O3. The van der Waals surface area contributed by atoms with Gasteiger partial charge < -0.3 is 21.1 Å². The summed E-state index contributed by atoms with van der Waals surface area (Å²) in [7, 11) is 0. The topological polar surface area (TPSA) is 90.5 Å². The third kappa shape index (κ3) is 5.28. The molecule has 1 fully saturated rings. The number of amides is 1. The second-order valence-corrected chi connectivity index (χ2v) is 10.1. The Bertz CT molecular complexity index is 1370. The van der Waals surface area contributed by atoms with Gasteiger partial charge in [-0.3, -0.25) is 4.79 Å². The highest BCUT2D eigenvalue weighted by Gasteiger charge is 2.52. The number of alkyl halides is 3. The second kappa shape index (κ2) is 10.2. The standard InChI is InChI=1S/C29H27F4N3O3/c30-21-12-15-23-24(16-21)36-28(35-23,19-8-10-20(11-9-19)29(31,32)33)25(17-4-2-1-3-5-17)26(37)34-22-13-6-18(7-14-22)27(38)39/h6-17,25,35-36H,1-5H2,(H,34,37)(H,38,39). The minimum Gasteiger partial charge on any atom is -0.478 e. The summed E-state index contributed by atoms with van der Waals surface area (Å²) in [6.07, 6.45) is -0.268. The second-order valence-electron chi connectivity index (χ2n) is 10.1. The van der Waals surface area contributed by atoms with Gasteiger partial charge in [-0.2, -0.15) is 13.2 Å². The Morgan fingerprint density at radius 2 is 1.54 bits per heavy atom. The van der Waals surface area contributed by atoms with E-state index in [0.29, 0.717) is 22.6 Å². The number of nitrogens with one attached hydrogen (secondary N) is 3. The van der Waals surface area contributed by atoms with Crippen molar-refractivity contribution >= 4 is 28.9 Å². The monoisotopic (exact) mass is 541 g/mol. The number of carbonyl (C=O) groups excluding carboxylic acids is 1. The minimum atomic E-state index is -4.53. The molecule has 4 N–H and O–H groups in total. The molecule has 0 bridgehead atoms. The molecular weight excluding hydrogens is 514 g/mol. The molecule has 10 heteroatoms. The van der Waals surface area contributed by atoms with E-state index >= 15 is 0 Å². The van der Waals surface area contributed by atoms with Gasteiger partial charge in [-0.05, 0) is 78.9 Å². The summed E-state index contributed by atoms with van der Waals surface area (Å²) in [6.45, 7) is 0. The SMILES string of the molecule is O=C(O)c1ccc(NC(=O)C(C2CCCCC2)C2(c3ccc(C(F)(F)F)cc3)Nc3ccc(F)cc3N2)cc1. The minimum absolute atomic E-state index is 0.0645. The molecule has 1 saturated carbocycles. The van der Waals surface area contributed by atoms with Crippen molar-refractivity contribution in [3.05, 3.63) is 89.2 Å². The average Bonchev–Trinajstić information content (AvgIpc) is 3.28. The van der Waals surface area contributed by atoms with Crippen LogP contribution in [0.5, 0.6) is 0 Å². The van der Waals surface area contributed by atoms with E-state index in [9.17, 15) is 32.3 Å². The fourth-order valence-corrected chi connectivity index (χ4v) is 5.73. The van der Waals surface area contributed by atoms with Gasteiger partial charge in [0.15, 0.2) is 0 Å². The van der Waals surface area contributed by atoms with Gasteiger partial charge in [-0.1, -0.05) is 31.4 Å². The van der Waals surface area contributed by atoms with Crippen LogP contribution in [-0.2, 0) is 16.6 Å². The number of carboxylic acid groups (broad SMARTS) is 1. The lowest BCUT2D eigenvalue weighted by molar-refractivity contribution is -0.137. The Labute approximate surface area is 222 Å². The summed E-state index contributed by atoms with van der Waals surface area (Å²) < 4.78 is 54.3. The molecule has 2 atom stereocenters. The summed E-state index contributed by atoms with van der Waals surface area (Å²) in [5, 5.41) is 18.7. The average molecular weight is 542 g/mol. The molecule has 1 aliphatic heterocycles. The highest BCUT2D eigenvalue weighted by Crippen LogP contribution is 2.49. The first-order chi connectivity index (χ1) is 18.6. The molecule has 2 aliphatic rings. The van der Waals surface area contributed by atoms with E-state index in [2.05, 4.69) is 16.0 Å². The molecule has 0 aromatic heterocycles. The highest BCUT2D eigenvalue weighted by atomic mass is 19.4. The fraction of sp³-hybridized carbons (Fsp3) is 0.310. The van der Waals surface area contributed by atoms with Gasteiger partial charge in [-0.25, -0.2) is 9.18 Å². The number of aromatic carboxylic acids is 1. The lowest BCUT2D eigenvalue weighted by Crippen LogP contribution is -2.54. The van der Waals surface area contributed by atoms with Crippen LogP contribution in [0.4, 0.5) is 34.6 Å². The molecule has 5 rings (SSSR count). The largest absolute Gasteiger partial charge is 0.478 e. The molecule has 0 radical (unpaired) electrons. The first-order valence-electron chi connectivity index (χ1n) is 12.7. The molecule has 3 aromatic carbocycles. The van der Waals surface area contributed by atoms with Gasteiger partial charge in [0, 0.05) is 5.69 Å². The molecule has 3 aromatic rings. The van der Waals surface area contributed by atoms with Crippen LogP contribution in [0.2, 0.25) is 0 Å². The Morgan fingerprint density at radius 1 is 0.897 bits per heavy atom. The number of halogens is 4. The Morgan fingerprint density at radius 3 is 2.15 bits per heavy atom. The number of hydrogen-bond acceptors (Lipinski definition) is 4. The maximum absolute atomic E-state index is 14.2. The van der Waals surface area contributed by atoms with E-state index in [1.165, 1.54) is 54.6 Å². The summed E-state index contributed by atoms with van der Waals surface area (Å²) in [5.74, 6) is -2.94. The summed E-state index contributed by atoms with van der Waals surface area (Å²) >= 11 is 0. The normalized spacial score (nSPS) is 19.9. The molecule has 2 unspecified atom stereocenters. The quantitative estimate of drug-likeness (QED) is 0.251. The Balaban J connectivity index is 1.59. The lowest BCUT2D eigenvalue weighted by Gasteiger charge is -2.43. The first-order valence-corrected chi connectivity index (χ1v) is 12.7. The smallest absolute Gasteiger partial charge is 0.416 e. The fourth-order valence-electron chi connectivity index (χ4n) is 5.73. The van der Waals surface area contributed by atoms with Gasteiger partial charge in [0.1, 0.15) is 11.5 Å². The van der Waals surface area contributed by atoms with Crippen LogP contribution in [0, 0.1) is 17.7 Å². The van der Waals surface area contributed by atoms with Crippen LogP contribution < -0.4 is 16.0 Å². The van der Waals surface area contributed by atoms with Crippen LogP contribution in [0.1, 0.15) is 53.6 Å². The van der Waals surface area contributed by atoms with Crippen molar-refractivity contribution in [2.24, 2.45) is 11.8 Å². The van der Waals surface area contributed by atoms with Crippen LogP contribution in [0.3, 0.4) is 0 Å². The number of anilines is 3. The molecule has 0 saturated heterocycles. The van der Waals surface area contributed by atoms with Crippen LogP contribution in [0.15, 0.2) is 66.7 Å². The van der Waals surface area contributed by atoms with Gasteiger partial charge in [0.2, 0.25) is 5.91 Å². The maximum Gasteiger partial charge on any atom is 0.416 e. The van der Waals surface area contributed by atoms with E-state index in [4.69, 9.17) is 0 Å². The van der Waals surface area contributed by atoms with E-state index < -0.39 is 41.0 Å². The van der Waals surface area contributed by atoms with Gasteiger partial charge in [0.05, 0.1) is 28.4 Å². The van der Waals surface area contributed by atoms with Crippen molar-refractivity contribution in [3.63, 3.8) is 0 Å². The van der Waals surface area contributed by atoms with Gasteiger partial charge >= 0.3 is 12.1 Å². The Kier molecular flexibility index (Phi) is 6.96. The Hall–Kier alpha value is -4.08.